The lowest BCUT2D eigenvalue weighted by Crippen LogP contribution is -2.42. The van der Waals surface area contributed by atoms with Crippen LogP contribution >= 0.6 is 0 Å². The smallest absolute Gasteiger partial charge is 0.212 e. The maximum absolute atomic E-state index is 4.31. The average Bonchev–Trinajstić information content (AvgIpc) is 3.67. The van der Waals surface area contributed by atoms with E-state index in [0.717, 1.165) is 5.82 Å². The molecule has 6 rings (SSSR count). The average molecular weight is 511 g/mol. The van der Waals surface area contributed by atoms with Crippen molar-refractivity contribution in [2.75, 3.05) is 0 Å². The Balaban J connectivity index is 0.000000162. The first-order valence-electron chi connectivity index (χ1n) is 13.6. The fraction of sp³-hybridized carbons (Fsp3) is 0.147. The minimum Gasteiger partial charge on any atom is -0.326 e. The number of hydrogen-bond donors (Lipinski definition) is 0. The van der Waals surface area contributed by atoms with Crippen LogP contribution in [0.15, 0.2) is 152 Å². The van der Waals surface area contributed by atoms with Crippen molar-refractivity contribution < 1.29 is 0 Å². The molecule has 2 nitrogen and oxygen atoms in total. The monoisotopic (exact) mass is 510 g/mol. The quantitative estimate of drug-likeness (QED) is 0.242. The molecule has 0 spiro atoms. The molecule has 1 saturated carbocycles. The van der Waals surface area contributed by atoms with Gasteiger partial charge in [0, 0.05) is 12.4 Å². The highest BCUT2D eigenvalue weighted by molar-refractivity contribution is 6.86. The van der Waals surface area contributed by atoms with Crippen LogP contribution in [-0.4, -0.2) is 25.8 Å². The van der Waals surface area contributed by atoms with E-state index in [4.69, 9.17) is 0 Å². The van der Waals surface area contributed by atoms with Gasteiger partial charge < -0.3 is 4.57 Å². The third kappa shape index (κ3) is 5.81. The molecule has 0 radical (unpaired) electrons. The van der Waals surface area contributed by atoms with Gasteiger partial charge >= 0.3 is 0 Å². The summed E-state index contributed by atoms with van der Waals surface area (Å²) in [7, 11) is -0.605. The fourth-order valence-electron chi connectivity index (χ4n) is 5.49. The molecule has 188 valence electrons. The highest BCUT2D eigenvalue weighted by Crippen LogP contribution is 2.38. The standard InChI is InChI=1S/C19H20N2Si.C15H15B/c1-2-15-22-19(21-14-13-20-16-21,17-9-5-3-6-10-17)18-11-7-4-8-12-18;1-3-7-13(8-4-1)16(15-11-12-15)14-9-5-2-6-10-14/h2-16H,22H2,1H3;1-10,15H,11-12H2. The Morgan fingerprint density at radius 2 is 1.21 bits per heavy atom. The van der Waals surface area contributed by atoms with Crippen molar-refractivity contribution >= 4 is 27.2 Å². The Bertz CT molecular complexity index is 1310. The van der Waals surface area contributed by atoms with Crippen LogP contribution in [-0.2, 0) is 5.16 Å². The molecule has 0 amide bonds. The summed E-state index contributed by atoms with van der Waals surface area (Å²) in [6.45, 7) is 2.71. The second-order valence-electron chi connectivity index (χ2n) is 9.97. The summed E-state index contributed by atoms with van der Waals surface area (Å²) in [5.41, 5.74) is 7.94. The summed E-state index contributed by atoms with van der Waals surface area (Å²) >= 11 is 0. The van der Waals surface area contributed by atoms with E-state index in [1.807, 2.05) is 12.5 Å². The molecular weight excluding hydrogens is 475 g/mol. The summed E-state index contributed by atoms with van der Waals surface area (Å²) in [5, 5.41) is -0.133. The molecule has 1 aliphatic rings. The largest absolute Gasteiger partial charge is 0.326 e. The number of aromatic nitrogens is 2. The number of nitrogens with zero attached hydrogens (tertiary/aromatic N) is 2. The SMILES string of the molecule is CC=C[SiH2]C(c1ccccc1)(c1ccccc1)n1ccnc1.c1ccc(B(c2ccccc2)C2CC2)cc1. The molecule has 5 aromatic rings. The number of imidazole rings is 1. The number of rotatable bonds is 8. The van der Waals surface area contributed by atoms with Gasteiger partial charge in [-0.1, -0.05) is 157 Å². The minimum absolute atomic E-state index is 0.133. The van der Waals surface area contributed by atoms with Gasteiger partial charge in [0.25, 0.3) is 0 Å². The van der Waals surface area contributed by atoms with Crippen molar-refractivity contribution in [2.24, 2.45) is 0 Å². The summed E-state index contributed by atoms with van der Waals surface area (Å²) in [6, 6.07) is 43.3. The van der Waals surface area contributed by atoms with E-state index in [1.54, 1.807) is 0 Å². The molecule has 4 aromatic carbocycles. The third-order valence-electron chi connectivity index (χ3n) is 7.51. The van der Waals surface area contributed by atoms with Gasteiger partial charge in [0.1, 0.15) is 0 Å². The van der Waals surface area contributed by atoms with Crippen LogP contribution in [0.2, 0.25) is 5.82 Å². The maximum Gasteiger partial charge on any atom is 0.212 e. The van der Waals surface area contributed by atoms with Crippen LogP contribution in [0.5, 0.6) is 0 Å². The Morgan fingerprint density at radius 3 is 1.61 bits per heavy atom. The third-order valence-corrected chi connectivity index (χ3v) is 9.99. The highest BCUT2D eigenvalue weighted by atomic mass is 28.2. The summed E-state index contributed by atoms with van der Waals surface area (Å²) in [4.78, 5) is 4.31. The van der Waals surface area contributed by atoms with E-state index in [2.05, 4.69) is 156 Å². The van der Waals surface area contributed by atoms with Gasteiger partial charge in [0.15, 0.2) is 0 Å². The van der Waals surface area contributed by atoms with Crippen molar-refractivity contribution in [2.45, 2.75) is 30.7 Å². The first-order valence-corrected chi connectivity index (χ1v) is 15.2. The van der Waals surface area contributed by atoms with Crippen molar-refractivity contribution in [3.63, 3.8) is 0 Å². The maximum atomic E-state index is 4.31. The topological polar surface area (TPSA) is 17.8 Å². The lowest BCUT2D eigenvalue weighted by atomic mass is 9.37. The van der Waals surface area contributed by atoms with E-state index in [-0.39, 0.29) is 5.16 Å². The van der Waals surface area contributed by atoms with Crippen molar-refractivity contribution in [1.29, 1.82) is 0 Å². The Labute approximate surface area is 230 Å². The molecule has 38 heavy (non-hydrogen) atoms. The summed E-state index contributed by atoms with van der Waals surface area (Å²) in [5.74, 6) is 0.866. The van der Waals surface area contributed by atoms with Crippen molar-refractivity contribution in [3.8, 4) is 0 Å². The first-order chi connectivity index (χ1) is 18.8. The highest BCUT2D eigenvalue weighted by Gasteiger charge is 2.36. The van der Waals surface area contributed by atoms with Crippen LogP contribution in [0.4, 0.5) is 0 Å². The molecule has 1 heterocycles. The number of hydrogen-bond acceptors (Lipinski definition) is 1. The fourth-order valence-corrected chi connectivity index (χ4v) is 7.41. The van der Waals surface area contributed by atoms with Gasteiger partial charge in [-0.25, -0.2) is 4.98 Å². The zero-order chi connectivity index (χ0) is 26.0. The van der Waals surface area contributed by atoms with Gasteiger partial charge in [-0.2, -0.15) is 0 Å². The van der Waals surface area contributed by atoms with E-state index in [0.29, 0.717) is 6.71 Å². The second kappa shape index (κ2) is 12.6. The predicted molar refractivity (Wildman–Crippen MR) is 166 cm³/mol. The van der Waals surface area contributed by atoms with Crippen LogP contribution < -0.4 is 10.9 Å². The minimum atomic E-state index is -0.605. The van der Waals surface area contributed by atoms with E-state index < -0.39 is 9.52 Å². The van der Waals surface area contributed by atoms with Crippen molar-refractivity contribution in [1.82, 2.24) is 9.55 Å². The van der Waals surface area contributed by atoms with Gasteiger partial charge in [0.2, 0.25) is 6.71 Å². The van der Waals surface area contributed by atoms with Crippen LogP contribution in [0.3, 0.4) is 0 Å². The van der Waals surface area contributed by atoms with Gasteiger partial charge in [-0.15, -0.1) is 5.70 Å². The molecule has 0 bridgehead atoms. The molecule has 0 atom stereocenters. The zero-order valence-electron chi connectivity index (χ0n) is 22.1. The van der Waals surface area contributed by atoms with Crippen LogP contribution in [0.25, 0.3) is 0 Å². The predicted octanol–water partition coefficient (Wildman–Crippen LogP) is 5.79. The second-order valence-corrected chi connectivity index (χ2v) is 11.9. The van der Waals surface area contributed by atoms with Crippen molar-refractivity contribution in [3.05, 3.63) is 163 Å². The number of allylic oxidation sites excluding steroid dienone is 1. The first kappa shape index (κ1) is 25.7. The molecule has 1 aromatic heterocycles. The molecule has 0 saturated heterocycles. The molecule has 0 unspecified atom stereocenters. The summed E-state index contributed by atoms with van der Waals surface area (Å²) < 4.78 is 2.27. The molecule has 4 heteroatoms. The normalized spacial score (nSPS) is 13.4. The Hall–Kier alpha value is -3.89. The van der Waals surface area contributed by atoms with E-state index >= 15 is 0 Å². The summed E-state index contributed by atoms with van der Waals surface area (Å²) in [6.07, 6.45) is 10.8. The van der Waals surface area contributed by atoms with Gasteiger partial charge in [0.05, 0.1) is 21.0 Å². The number of benzene rings is 4. The molecule has 0 aliphatic heterocycles. The molecule has 1 fully saturated rings. The molecular formula is C34H35BN2Si. The van der Waals surface area contributed by atoms with Gasteiger partial charge in [-0.05, 0) is 18.1 Å². The van der Waals surface area contributed by atoms with Gasteiger partial charge in [-0.3, -0.25) is 0 Å². The Kier molecular flexibility index (Phi) is 8.52. The van der Waals surface area contributed by atoms with E-state index in [9.17, 15) is 0 Å². The Morgan fingerprint density at radius 1 is 0.737 bits per heavy atom. The molecule has 0 N–H and O–H groups in total. The zero-order valence-corrected chi connectivity index (χ0v) is 23.5. The lowest BCUT2D eigenvalue weighted by Gasteiger charge is -2.36. The van der Waals surface area contributed by atoms with E-state index in [1.165, 1.54) is 34.9 Å². The molecule has 1 aliphatic carbocycles. The van der Waals surface area contributed by atoms with Crippen LogP contribution in [0.1, 0.15) is 30.9 Å². The lowest BCUT2D eigenvalue weighted by molar-refractivity contribution is 0.596. The van der Waals surface area contributed by atoms with Crippen LogP contribution in [0, 0.1) is 0 Å².